The van der Waals surface area contributed by atoms with E-state index < -0.39 is 0 Å². The Hall–Kier alpha value is -1.36. The van der Waals surface area contributed by atoms with Crippen LogP contribution in [0.2, 0.25) is 0 Å². The molecule has 0 radical (unpaired) electrons. The Kier molecular flexibility index (Phi) is 2.49. The van der Waals surface area contributed by atoms with Crippen LogP contribution in [0.4, 0.5) is 5.82 Å². The van der Waals surface area contributed by atoms with Crippen LogP contribution in [0, 0.1) is 0 Å². The normalized spacial score (nSPS) is 21.3. The zero-order chi connectivity index (χ0) is 9.97. The van der Waals surface area contributed by atoms with E-state index in [0.717, 1.165) is 25.3 Å². The highest BCUT2D eigenvalue weighted by molar-refractivity contribution is 5.39. The Bertz CT molecular complexity index is 317. The lowest BCUT2D eigenvalue weighted by molar-refractivity contribution is 0.380. The third kappa shape index (κ3) is 1.77. The van der Waals surface area contributed by atoms with E-state index in [1.807, 2.05) is 6.07 Å². The molecule has 0 aromatic carbocycles. The largest absolute Gasteiger partial charge is 0.467 e. The highest BCUT2D eigenvalue weighted by atomic mass is 16.5. The van der Waals surface area contributed by atoms with Gasteiger partial charge < -0.3 is 15.4 Å². The second-order valence-corrected chi connectivity index (χ2v) is 3.40. The van der Waals surface area contributed by atoms with Crippen molar-refractivity contribution >= 4 is 5.82 Å². The summed E-state index contributed by atoms with van der Waals surface area (Å²) in [6.45, 7) is 1.82. The van der Waals surface area contributed by atoms with Crippen molar-refractivity contribution in [3.63, 3.8) is 0 Å². The van der Waals surface area contributed by atoms with Gasteiger partial charge in [0.1, 0.15) is 5.82 Å². The van der Waals surface area contributed by atoms with Crippen molar-refractivity contribution in [1.29, 1.82) is 0 Å². The van der Waals surface area contributed by atoms with Crippen molar-refractivity contribution in [3.05, 3.63) is 12.3 Å². The highest BCUT2D eigenvalue weighted by Crippen LogP contribution is 2.18. The monoisotopic (exact) mass is 194 g/mol. The lowest BCUT2D eigenvalue weighted by Crippen LogP contribution is -2.26. The molecule has 5 heteroatoms. The number of nitrogens with zero attached hydrogens (tertiary/aromatic N) is 3. The summed E-state index contributed by atoms with van der Waals surface area (Å²) in [5.74, 6) is 0.893. The van der Waals surface area contributed by atoms with Gasteiger partial charge in [0.05, 0.1) is 7.11 Å². The maximum Gasteiger partial charge on any atom is 0.318 e. The molecule has 1 aliphatic heterocycles. The van der Waals surface area contributed by atoms with Crippen molar-refractivity contribution in [3.8, 4) is 6.01 Å². The molecule has 2 rings (SSSR count). The smallest absolute Gasteiger partial charge is 0.318 e. The van der Waals surface area contributed by atoms with Crippen LogP contribution in [0.1, 0.15) is 6.42 Å². The van der Waals surface area contributed by atoms with Gasteiger partial charge in [-0.3, -0.25) is 0 Å². The maximum absolute atomic E-state index is 5.82. The minimum Gasteiger partial charge on any atom is -0.467 e. The molecular formula is C9H14N4O. The van der Waals surface area contributed by atoms with Gasteiger partial charge in [-0.1, -0.05) is 0 Å². The molecule has 1 aliphatic rings. The Morgan fingerprint density at radius 3 is 3.14 bits per heavy atom. The molecule has 5 nitrogen and oxygen atoms in total. The summed E-state index contributed by atoms with van der Waals surface area (Å²) in [4.78, 5) is 10.3. The van der Waals surface area contributed by atoms with E-state index in [2.05, 4.69) is 14.9 Å². The number of anilines is 1. The van der Waals surface area contributed by atoms with Crippen LogP contribution in [0.5, 0.6) is 6.01 Å². The lowest BCUT2D eigenvalue weighted by atomic mass is 10.3. The molecule has 1 aromatic rings. The predicted molar refractivity (Wildman–Crippen MR) is 53.4 cm³/mol. The van der Waals surface area contributed by atoms with Gasteiger partial charge in [0.2, 0.25) is 0 Å². The molecular weight excluding hydrogens is 180 g/mol. The topological polar surface area (TPSA) is 64.3 Å². The van der Waals surface area contributed by atoms with Gasteiger partial charge in [0.15, 0.2) is 0 Å². The highest BCUT2D eigenvalue weighted by Gasteiger charge is 2.20. The second-order valence-electron chi connectivity index (χ2n) is 3.40. The van der Waals surface area contributed by atoms with Crippen molar-refractivity contribution in [2.45, 2.75) is 12.5 Å². The molecule has 1 fully saturated rings. The SMILES string of the molecule is COc1nccc(N2CCC(N)C2)n1. The minimum absolute atomic E-state index is 0.260. The van der Waals surface area contributed by atoms with Crippen LogP contribution < -0.4 is 15.4 Å². The van der Waals surface area contributed by atoms with Crippen molar-refractivity contribution in [2.75, 3.05) is 25.1 Å². The first kappa shape index (κ1) is 9.21. The molecule has 0 amide bonds. The molecule has 1 aromatic heterocycles. The molecule has 0 spiro atoms. The molecule has 14 heavy (non-hydrogen) atoms. The minimum atomic E-state index is 0.260. The summed E-state index contributed by atoms with van der Waals surface area (Å²) in [5.41, 5.74) is 5.82. The molecule has 1 atom stereocenters. The van der Waals surface area contributed by atoms with Gasteiger partial charge >= 0.3 is 6.01 Å². The number of hydrogen-bond acceptors (Lipinski definition) is 5. The van der Waals surface area contributed by atoms with Crippen molar-refractivity contribution < 1.29 is 4.74 Å². The van der Waals surface area contributed by atoms with Gasteiger partial charge in [0, 0.05) is 25.3 Å². The number of methoxy groups -OCH3 is 1. The summed E-state index contributed by atoms with van der Waals surface area (Å²) in [5, 5.41) is 0. The third-order valence-corrected chi connectivity index (χ3v) is 2.35. The molecule has 0 bridgehead atoms. The molecule has 1 saturated heterocycles. The Balaban J connectivity index is 2.15. The summed E-state index contributed by atoms with van der Waals surface area (Å²) >= 11 is 0. The fourth-order valence-electron chi connectivity index (χ4n) is 1.60. The molecule has 1 unspecified atom stereocenters. The first-order chi connectivity index (χ1) is 6.79. The van der Waals surface area contributed by atoms with Crippen LogP contribution in [0.15, 0.2) is 12.3 Å². The van der Waals surface area contributed by atoms with Gasteiger partial charge in [-0.25, -0.2) is 4.98 Å². The molecule has 2 heterocycles. The van der Waals surface area contributed by atoms with Crippen LogP contribution in [-0.4, -0.2) is 36.2 Å². The van der Waals surface area contributed by atoms with E-state index in [1.165, 1.54) is 0 Å². The Labute approximate surface area is 82.9 Å². The molecule has 0 saturated carbocycles. The van der Waals surface area contributed by atoms with Gasteiger partial charge in [-0.15, -0.1) is 0 Å². The lowest BCUT2D eigenvalue weighted by Gasteiger charge is -2.16. The van der Waals surface area contributed by atoms with Gasteiger partial charge in [-0.2, -0.15) is 4.98 Å². The first-order valence-corrected chi connectivity index (χ1v) is 4.67. The van der Waals surface area contributed by atoms with Crippen molar-refractivity contribution in [2.24, 2.45) is 5.73 Å². The van der Waals surface area contributed by atoms with E-state index in [0.29, 0.717) is 6.01 Å². The maximum atomic E-state index is 5.82. The summed E-state index contributed by atoms with van der Waals surface area (Å²) in [7, 11) is 1.56. The predicted octanol–water partition coefficient (Wildman–Crippen LogP) is 0.0226. The molecule has 0 aliphatic carbocycles. The number of aromatic nitrogens is 2. The van der Waals surface area contributed by atoms with E-state index in [-0.39, 0.29) is 6.04 Å². The van der Waals surface area contributed by atoms with Crippen molar-refractivity contribution in [1.82, 2.24) is 9.97 Å². The fourth-order valence-corrected chi connectivity index (χ4v) is 1.60. The van der Waals surface area contributed by atoms with Gasteiger partial charge in [0.25, 0.3) is 0 Å². The van der Waals surface area contributed by atoms with E-state index in [4.69, 9.17) is 10.5 Å². The van der Waals surface area contributed by atoms with Crippen LogP contribution in [0.25, 0.3) is 0 Å². The Morgan fingerprint density at radius 1 is 1.64 bits per heavy atom. The number of nitrogens with two attached hydrogens (primary N) is 1. The number of ether oxygens (including phenoxy) is 1. The number of rotatable bonds is 2. The average molecular weight is 194 g/mol. The van der Waals surface area contributed by atoms with E-state index >= 15 is 0 Å². The average Bonchev–Trinajstić information content (AvgIpc) is 2.65. The molecule has 76 valence electrons. The van der Waals surface area contributed by atoms with E-state index in [9.17, 15) is 0 Å². The number of hydrogen-bond donors (Lipinski definition) is 1. The Morgan fingerprint density at radius 2 is 2.50 bits per heavy atom. The standard InChI is InChI=1S/C9H14N4O/c1-14-9-11-4-2-8(12-9)13-5-3-7(10)6-13/h2,4,7H,3,5-6,10H2,1H3. The quantitative estimate of drug-likeness (QED) is 0.719. The zero-order valence-corrected chi connectivity index (χ0v) is 8.18. The zero-order valence-electron chi connectivity index (χ0n) is 8.18. The molecule has 2 N–H and O–H groups in total. The van der Waals surface area contributed by atoms with Crippen LogP contribution in [-0.2, 0) is 0 Å². The fraction of sp³-hybridized carbons (Fsp3) is 0.556. The first-order valence-electron chi connectivity index (χ1n) is 4.67. The van der Waals surface area contributed by atoms with Crippen LogP contribution in [0.3, 0.4) is 0 Å². The third-order valence-electron chi connectivity index (χ3n) is 2.35. The summed E-state index contributed by atoms with van der Waals surface area (Å²) < 4.78 is 4.96. The summed E-state index contributed by atoms with van der Waals surface area (Å²) in [6.07, 6.45) is 2.72. The second kappa shape index (κ2) is 3.79. The van der Waals surface area contributed by atoms with Gasteiger partial charge in [-0.05, 0) is 12.5 Å². The summed E-state index contributed by atoms with van der Waals surface area (Å²) in [6, 6.07) is 2.54. The van der Waals surface area contributed by atoms with E-state index in [1.54, 1.807) is 13.3 Å². The van der Waals surface area contributed by atoms with Crippen LogP contribution >= 0.6 is 0 Å².